The van der Waals surface area contributed by atoms with Crippen LogP contribution in [0.5, 0.6) is 0 Å². The lowest BCUT2D eigenvalue weighted by Gasteiger charge is -2.19. The summed E-state index contributed by atoms with van der Waals surface area (Å²) in [6.45, 7) is 4.29. The molecular formula is C13H17ClFNO. The van der Waals surface area contributed by atoms with Gasteiger partial charge in [-0.1, -0.05) is 17.7 Å². The van der Waals surface area contributed by atoms with Crippen molar-refractivity contribution in [3.05, 3.63) is 34.6 Å². The van der Waals surface area contributed by atoms with Gasteiger partial charge in [-0.05, 0) is 31.4 Å². The summed E-state index contributed by atoms with van der Waals surface area (Å²) in [7, 11) is 0. The molecule has 1 N–H and O–H groups in total. The molecular weight excluding hydrogens is 241 g/mol. The number of hydrogen-bond acceptors (Lipinski definition) is 2. The zero-order chi connectivity index (χ0) is 12.3. The topological polar surface area (TPSA) is 21.3 Å². The Balaban J connectivity index is 1.88. The van der Waals surface area contributed by atoms with Crippen LogP contribution in [0.15, 0.2) is 18.2 Å². The van der Waals surface area contributed by atoms with Gasteiger partial charge in [0.15, 0.2) is 0 Å². The maximum absolute atomic E-state index is 13.5. The van der Waals surface area contributed by atoms with Crippen LogP contribution in [-0.2, 0) is 11.3 Å². The molecule has 0 aromatic heterocycles. The summed E-state index contributed by atoms with van der Waals surface area (Å²) in [5, 5.41) is 3.77. The summed E-state index contributed by atoms with van der Waals surface area (Å²) < 4.78 is 18.9. The lowest BCUT2D eigenvalue weighted by Crippen LogP contribution is -2.33. The summed E-state index contributed by atoms with van der Waals surface area (Å²) in [4.78, 5) is 0. The summed E-state index contributed by atoms with van der Waals surface area (Å²) >= 11 is 5.71. The van der Waals surface area contributed by atoms with Crippen LogP contribution in [0, 0.1) is 11.7 Å². The normalized spacial score (nSPS) is 21.7. The average Bonchev–Trinajstić information content (AvgIpc) is 2.81. The number of nitrogens with one attached hydrogen (secondary N) is 1. The summed E-state index contributed by atoms with van der Waals surface area (Å²) in [6.07, 6.45) is 1.08. The second kappa shape index (κ2) is 5.80. The van der Waals surface area contributed by atoms with E-state index in [2.05, 4.69) is 12.2 Å². The van der Waals surface area contributed by atoms with Crippen molar-refractivity contribution >= 4 is 11.6 Å². The molecule has 4 heteroatoms. The van der Waals surface area contributed by atoms with Crippen LogP contribution in [0.25, 0.3) is 0 Å². The van der Waals surface area contributed by atoms with Crippen molar-refractivity contribution in [3.63, 3.8) is 0 Å². The van der Waals surface area contributed by atoms with Gasteiger partial charge in [-0.15, -0.1) is 0 Å². The van der Waals surface area contributed by atoms with Gasteiger partial charge in [0.2, 0.25) is 0 Å². The van der Waals surface area contributed by atoms with Crippen molar-refractivity contribution in [2.24, 2.45) is 5.92 Å². The van der Waals surface area contributed by atoms with Gasteiger partial charge in [0, 0.05) is 29.8 Å². The lowest BCUT2D eigenvalue weighted by atomic mass is 10.0. The largest absolute Gasteiger partial charge is 0.381 e. The Morgan fingerprint density at radius 3 is 3.06 bits per heavy atom. The standard InChI is InChI=1S/C13H17ClFNO/c1-9(11-4-5-17-8-11)16-7-10-2-3-12(14)6-13(10)15/h2-3,6,9,11,16H,4-5,7-8H2,1H3. The van der Waals surface area contributed by atoms with Gasteiger partial charge in [0.1, 0.15) is 5.82 Å². The van der Waals surface area contributed by atoms with Crippen molar-refractivity contribution in [2.75, 3.05) is 13.2 Å². The Morgan fingerprint density at radius 2 is 2.41 bits per heavy atom. The third-order valence-electron chi connectivity index (χ3n) is 3.30. The zero-order valence-corrected chi connectivity index (χ0v) is 10.6. The first kappa shape index (κ1) is 12.8. The van der Waals surface area contributed by atoms with Crippen LogP contribution in [0.4, 0.5) is 4.39 Å². The van der Waals surface area contributed by atoms with Crippen LogP contribution in [0.3, 0.4) is 0 Å². The van der Waals surface area contributed by atoms with Crippen molar-refractivity contribution < 1.29 is 9.13 Å². The van der Waals surface area contributed by atoms with E-state index in [1.165, 1.54) is 6.07 Å². The minimum absolute atomic E-state index is 0.250. The van der Waals surface area contributed by atoms with Crippen molar-refractivity contribution in [1.82, 2.24) is 5.32 Å². The van der Waals surface area contributed by atoms with E-state index in [0.717, 1.165) is 19.6 Å². The van der Waals surface area contributed by atoms with E-state index in [9.17, 15) is 4.39 Å². The third kappa shape index (κ3) is 3.41. The first-order chi connectivity index (χ1) is 8.16. The predicted molar refractivity (Wildman–Crippen MR) is 66.6 cm³/mol. The van der Waals surface area contributed by atoms with E-state index in [1.807, 2.05) is 0 Å². The molecule has 0 saturated carbocycles. The van der Waals surface area contributed by atoms with Gasteiger partial charge in [-0.3, -0.25) is 0 Å². The molecule has 0 spiro atoms. The Bertz CT molecular complexity index is 380. The van der Waals surface area contributed by atoms with Crippen molar-refractivity contribution in [1.29, 1.82) is 0 Å². The molecule has 2 nitrogen and oxygen atoms in total. The monoisotopic (exact) mass is 257 g/mol. The summed E-state index contributed by atoms with van der Waals surface area (Å²) in [5.41, 5.74) is 0.653. The van der Waals surface area contributed by atoms with Gasteiger partial charge in [0.05, 0.1) is 6.61 Å². The van der Waals surface area contributed by atoms with Crippen LogP contribution in [-0.4, -0.2) is 19.3 Å². The van der Waals surface area contributed by atoms with E-state index in [1.54, 1.807) is 12.1 Å². The molecule has 2 unspecified atom stereocenters. The molecule has 0 amide bonds. The molecule has 1 aromatic rings. The van der Waals surface area contributed by atoms with E-state index >= 15 is 0 Å². The highest BCUT2D eigenvalue weighted by atomic mass is 35.5. The van der Waals surface area contributed by atoms with Crippen molar-refractivity contribution in [2.45, 2.75) is 25.9 Å². The number of ether oxygens (including phenoxy) is 1. The van der Waals surface area contributed by atoms with E-state index in [4.69, 9.17) is 16.3 Å². The maximum atomic E-state index is 13.5. The average molecular weight is 258 g/mol. The third-order valence-corrected chi connectivity index (χ3v) is 3.54. The van der Waals surface area contributed by atoms with Gasteiger partial charge in [-0.2, -0.15) is 0 Å². The fourth-order valence-electron chi connectivity index (χ4n) is 2.05. The SMILES string of the molecule is CC(NCc1ccc(Cl)cc1F)C1CCOC1. The molecule has 0 bridgehead atoms. The number of halogens is 2. The molecule has 17 heavy (non-hydrogen) atoms. The van der Waals surface area contributed by atoms with Gasteiger partial charge < -0.3 is 10.1 Å². The molecule has 94 valence electrons. The summed E-state index contributed by atoms with van der Waals surface area (Å²) in [5.74, 6) is 0.283. The Labute approximate surface area is 106 Å². The van der Waals surface area contributed by atoms with E-state index < -0.39 is 0 Å². The fourth-order valence-corrected chi connectivity index (χ4v) is 2.21. The molecule has 1 saturated heterocycles. The highest BCUT2D eigenvalue weighted by Crippen LogP contribution is 2.18. The van der Waals surface area contributed by atoms with Gasteiger partial charge >= 0.3 is 0 Å². The minimum Gasteiger partial charge on any atom is -0.381 e. The smallest absolute Gasteiger partial charge is 0.129 e. The van der Waals surface area contributed by atoms with E-state index in [0.29, 0.717) is 29.1 Å². The quantitative estimate of drug-likeness (QED) is 0.895. The highest BCUT2D eigenvalue weighted by molar-refractivity contribution is 6.30. The molecule has 1 fully saturated rings. The first-order valence-corrected chi connectivity index (χ1v) is 6.29. The van der Waals surface area contributed by atoms with Crippen molar-refractivity contribution in [3.8, 4) is 0 Å². The minimum atomic E-state index is -0.250. The maximum Gasteiger partial charge on any atom is 0.129 e. The van der Waals surface area contributed by atoms with Crippen LogP contribution in [0.1, 0.15) is 18.9 Å². The number of benzene rings is 1. The Morgan fingerprint density at radius 1 is 1.59 bits per heavy atom. The van der Waals surface area contributed by atoms with Crippen LogP contribution < -0.4 is 5.32 Å². The van der Waals surface area contributed by atoms with Gasteiger partial charge in [-0.25, -0.2) is 4.39 Å². The summed E-state index contributed by atoms with van der Waals surface area (Å²) in [6, 6.07) is 5.13. The Hall–Kier alpha value is -0.640. The lowest BCUT2D eigenvalue weighted by molar-refractivity contribution is 0.178. The van der Waals surface area contributed by atoms with Crippen LogP contribution >= 0.6 is 11.6 Å². The van der Waals surface area contributed by atoms with Gasteiger partial charge in [0.25, 0.3) is 0 Å². The molecule has 1 aliphatic rings. The molecule has 0 aliphatic carbocycles. The second-order valence-corrected chi connectivity index (χ2v) is 4.97. The zero-order valence-electron chi connectivity index (χ0n) is 9.88. The predicted octanol–water partition coefficient (Wildman–Crippen LogP) is 2.99. The molecule has 2 atom stereocenters. The highest BCUT2D eigenvalue weighted by Gasteiger charge is 2.21. The number of rotatable bonds is 4. The first-order valence-electron chi connectivity index (χ1n) is 5.92. The molecule has 1 aliphatic heterocycles. The van der Waals surface area contributed by atoms with E-state index in [-0.39, 0.29) is 5.82 Å². The molecule has 1 heterocycles. The fraction of sp³-hybridized carbons (Fsp3) is 0.538. The second-order valence-electron chi connectivity index (χ2n) is 4.53. The molecule has 0 radical (unpaired) electrons. The molecule has 1 aromatic carbocycles. The van der Waals surface area contributed by atoms with Crippen LogP contribution in [0.2, 0.25) is 5.02 Å². The Kier molecular flexibility index (Phi) is 4.37. The number of hydrogen-bond donors (Lipinski definition) is 1. The molecule has 2 rings (SSSR count).